The van der Waals surface area contributed by atoms with E-state index in [0.717, 1.165) is 12.5 Å². The molecule has 1 aliphatic rings. The van der Waals surface area contributed by atoms with Crippen LogP contribution in [0.2, 0.25) is 0 Å². The molecule has 1 saturated heterocycles. The maximum absolute atomic E-state index is 2.64. The Bertz CT molecular complexity index is 359. The highest BCUT2D eigenvalue weighted by Gasteiger charge is 2.34. The Kier molecular flexibility index (Phi) is 4.45. The fraction of sp³-hybridized carbons (Fsp3) is 0.647. The van der Waals surface area contributed by atoms with E-state index in [0.29, 0.717) is 5.41 Å². The molecule has 0 saturated carbocycles. The molecular formula is C17H27N. The highest BCUT2D eigenvalue weighted by Crippen LogP contribution is 2.38. The van der Waals surface area contributed by atoms with Crippen LogP contribution < -0.4 is 0 Å². The van der Waals surface area contributed by atoms with Gasteiger partial charge in [0.25, 0.3) is 0 Å². The van der Waals surface area contributed by atoms with Crippen LogP contribution in [-0.4, -0.2) is 18.0 Å². The van der Waals surface area contributed by atoms with Crippen LogP contribution in [0.1, 0.15) is 45.6 Å². The predicted octanol–water partition coefficient (Wildman–Crippen LogP) is 4.33. The van der Waals surface area contributed by atoms with Crippen LogP contribution in [0, 0.1) is 11.3 Å². The number of hydrogen-bond acceptors (Lipinski definition) is 1. The van der Waals surface area contributed by atoms with E-state index in [9.17, 15) is 0 Å². The zero-order valence-corrected chi connectivity index (χ0v) is 12.2. The van der Waals surface area contributed by atoms with Gasteiger partial charge in [-0.15, -0.1) is 0 Å². The smallest absolute Gasteiger partial charge is 0.0233 e. The van der Waals surface area contributed by atoms with Crippen molar-refractivity contribution < 1.29 is 0 Å². The first-order valence-corrected chi connectivity index (χ1v) is 7.40. The molecule has 0 spiro atoms. The Morgan fingerprint density at radius 2 is 2.00 bits per heavy atom. The van der Waals surface area contributed by atoms with E-state index in [-0.39, 0.29) is 0 Å². The first-order chi connectivity index (χ1) is 8.64. The molecule has 1 heteroatoms. The van der Waals surface area contributed by atoms with Gasteiger partial charge in [-0.2, -0.15) is 0 Å². The van der Waals surface area contributed by atoms with Gasteiger partial charge in [0.1, 0.15) is 0 Å². The molecule has 0 bridgehead atoms. The summed E-state index contributed by atoms with van der Waals surface area (Å²) in [4.78, 5) is 2.64. The highest BCUT2D eigenvalue weighted by molar-refractivity contribution is 5.14. The zero-order chi connectivity index (χ0) is 13.0. The first kappa shape index (κ1) is 13.6. The largest absolute Gasteiger partial charge is 0.299 e. The van der Waals surface area contributed by atoms with Crippen LogP contribution in [0.5, 0.6) is 0 Å². The summed E-state index contributed by atoms with van der Waals surface area (Å²) in [6.07, 6.45) is 4.05. The van der Waals surface area contributed by atoms with Crippen molar-refractivity contribution in [3.8, 4) is 0 Å². The molecule has 1 aliphatic heterocycles. The number of nitrogens with zero attached hydrogens (tertiary/aromatic N) is 1. The summed E-state index contributed by atoms with van der Waals surface area (Å²) in [7, 11) is 0. The molecule has 1 aromatic rings. The van der Waals surface area contributed by atoms with Crippen molar-refractivity contribution in [3.05, 3.63) is 35.9 Å². The fourth-order valence-electron chi connectivity index (χ4n) is 3.25. The molecule has 100 valence electrons. The van der Waals surface area contributed by atoms with Crippen molar-refractivity contribution in [2.45, 2.75) is 46.6 Å². The van der Waals surface area contributed by atoms with Crippen LogP contribution in [0.4, 0.5) is 0 Å². The molecule has 0 amide bonds. The Morgan fingerprint density at radius 1 is 1.28 bits per heavy atom. The minimum atomic E-state index is 0.516. The van der Waals surface area contributed by atoms with E-state index in [1.165, 1.54) is 37.9 Å². The Labute approximate surface area is 112 Å². The maximum Gasteiger partial charge on any atom is 0.0233 e. The highest BCUT2D eigenvalue weighted by atomic mass is 15.1. The van der Waals surface area contributed by atoms with Crippen LogP contribution >= 0.6 is 0 Å². The lowest BCUT2D eigenvalue weighted by molar-refractivity contribution is 0.0505. The summed E-state index contributed by atoms with van der Waals surface area (Å²) in [5.41, 5.74) is 1.97. The summed E-state index contributed by atoms with van der Waals surface area (Å²) >= 11 is 0. The van der Waals surface area contributed by atoms with Crippen LogP contribution in [0.25, 0.3) is 0 Å². The summed E-state index contributed by atoms with van der Waals surface area (Å²) in [6.45, 7) is 10.9. The topological polar surface area (TPSA) is 3.24 Å². The van der Waals surface area contributed by atoms with Gasteiger partial charge in [0, 0.05) is 13.1 Å². The standard InChI is InChI=1S/C17H27N/c1-4-15(2)17(3)11-8-12-18(14-17)13-16-9-6-5-7-10-16/h5-7,9-10,15H,4,8,11-14H2,1-3H3. The maximum atomic E-state index is 2.64. The van der Waals surface area contributed by atoms with Gasteiger partial charge in [0.15, 0.2) is 0 Å². The lowest BCUT2D eigenvalue weighted by atomic mass is 9.71. The minimum absolute atomic E-state index is 0.516. The third-order valence-corrected chi connectivity index (χ3v) is 4.86. The van der Waals surface area contributed by atoms with Gasteiger partial charge in [-0.05, 0) is 36.3 Å². The zero-order valence-electron chi connectivity index (χ0n) is 12.2. The second kappa shape index (κ2) is 5.88. The van der Waals surface area contributed by atoms with Gasteiger partial charge >= 0.3 is 0 Å². The molecule has 1 aromatic carbocycles. The number of hydrogen-bond donors (Lipinski definition) is 0. The first-order valence-electron chi connectivity index (χ1n) is 7.40. The lowest BCUT2D eigenvalue weighted by Gasteiger charge is -2.44. The molecule has 1 heterocycles. The van der Waals surface area contributed by atoms with E-state index in [2.05, 4.69) is 56.0 Å². The Hall–Kier alpha value is -0.820. The fourth-order valence-corrected chi connectivity index (χ4v) is 3.25. The van der Waals surface area contributed by atoms with Crippen molar-refractivity contribution in [1.82, 2.24) is 4.90 Å². The molecule has 0 N–H and O–H groups in total. The van der Waals surface area contributed by atoms with Gasteiger partial charge in [0.05, 0.1) is 0 Å². The number of benzene rings is 1. The van der Waals surface area contributed by atoms with E-state index < -0.39 is 0 Å². The number of piperidine rings is 1. The van der Waals surface area contributed by atoms with E-state index in [1.54, 1.807) is 0 Å². The van der Waals surface area contributed by atoms with E-state index >= 15 is 0 Å². The van der Waals surface area contributed by atoms with Gasteiger partial charge in [-0.1, -0.05) is 57.5 Å². The molecule has 1 fully saturated rings. The molecule has 2 unspecified atom stereocenters. The van der Waals surface area contributed by atoms with Crippen molar-refractivity contribution in [3.63, 3.8) is 0 Å². The van der Waals surface area contributed by atoms with E-state index in [4.69, 9.17) is 0 Å². The lowest BCUT2D eigenvalue weighted by Crippen LogP contribution is -2.44. The Balaban J connectivity index is 1.99. The monoisotopic (exact) mass is 245 g/mol. The van der Waals surface area contributed by atoms with Crippen molar-refractivity contribution in [2.75, 3.05) is 13.1 Å². The Morgan fingerprint density at radius 3 is 2.67 bits per heavy atom. The molecule has 18 heavy (non-hydrogen) atoms. The molecule has 2 rings (SSSR count). The van der Waals surface area contributed by atoms with Crippen molar-refractivity contribution in [2.24, 2.45) is 11.3 Å². The molecule has 0 aromatic heterocycles. The van der Waals surface area contributed by atoms with Crippen LogP contribution in [0.15, 0.2) is 30.3 Å². The molecule has 2 atom stereocenters. The normalized spacial score (nSPS) is 27.1. The van der Waals surface area contributed by atoms with Gasteiger partial charge in [-0.3, -0.25) is 4.90 Å². The van der Waals surface area contributed by atoms with Crippen LogP contribution in [0.3, 0.4) is 0 Å². The average molecular weight is 245 g/mol. The second-order valence-electron chi connectivity index (χ2n) is 6.26. The molecule has 0 radical (unpaired) electrons. The summed E-state index contributed by atoms with van der Waals surface area (Å²) in [6, 6.07) is 10.9. The van der Waals surface area contributed by atoms with Crippen LogP contribution in [-0.2, 0) is 6.54 Å². The predicted molar refractivity (Wildman–Crippen MR) is 78.5 cm³/mol. The summed E-state index contributed by atoms with van der Waals surface area (Å²) < 4.78 is 0. The molecule has 0 aliphatic carbocycles. The minimum Gasteiger partial charge on any atom is -0.299 e. The third-order valence-electron chi connectivity index (χ3n) is 4.86. The van der Waals surface area contributed by atoms with Crippen molar-refractivity contribution in [1.29, 1.82) is 0 Å². The summed E-state index contributed by atoms with van der Waals surface area (Å²) in [5.74, 6) is 0.830. The van der Waals surface area contributed by atoms with Crippen molar-refractivity contribution >= 4 is 0 Å². The van der Waals surface area contributed by atoms with E-state index in [1.807, 2.05) is 0 Å². The molecular weight excluding hydrogens is 218 g/mol. The second-order valence-corrected chi connectivity index (χ2v) is 6.26. The third kappa shape index (κ3) is 3.14. The molecule has 1 nitrogen and oxygen atoms in total. The average Bonchev–Trinajstić information content (AvgIpc) is 2.39. The summed E-state index contributed by atoms with van der Waals surface area (Å²) in [5, 5.41) is 0. The quantitative estimate of drug-likeness (QED) is 0.763. The van der Waals surface area contributed by atoms with Gasteiger partial charge < -0.3 is 0 Å². The SMILES string of the molecule is CCC(C)C1(C)CCCN(Cc2ccccc2)C1. The van der Waals surface area contributed by atoms with Gasteiger partial charge in [-0.25, -0.2) is 0 Å². The number of rotatable bonds is 4. The van der Waals surface area contributed by atoms with Gasteiger partial charge in [0.2, 0.25) is 0 Å². The number of likely N-dealkylation sites (tertiary alicyclic amines) is 1.